The van der Waals surface area contributed by atoms with Gasteiger partial charge in [0.1, 0.15) is 11.2 Å². The molecule has 0 aromatic carbocycles. The second-order valence-electron chi connectivity index (χ2n) is 7.57. The molecule has 0 unspecified atom stereocenters. The largest absolute Gasteiger partial charge is 0.352 e. The number of aromatic nitrogens is 5. The minimum atomic E-state index is 0.514. The molecule has 0 spiro atoms. The van der Waals surface area contributed by atoms with Gasteiger partial charge in [0.05, 0.1) is 22.9 Å². The van der Waals surface area contributed by atoms with Crippen molar-refractivity contribution >= 4 is 33.3 Å². The zero-order valence-corrected chi connectivity index (χ0v) is 16.6. The predicted molar refractivity (Wildman–Crippen MR) is 117 cm³/mol. The number of thiophene rings is 1. The lowest BCUT2D eigenvalue weighted by Crippen LogP contribution is -2.27. The highest BCUT2D eigenvalue weighted by Gasteiger charge is 2.19. The van der Waals surface area contributed by atoms with Gasteiger partial charge in [0, 0.05) is 28.8 Å². The van der Waals surface area contributed by atoms with E-state index in [1.807, 2.05) is 12.4 Å². The lowest BCUT2D eigenvalue weighted by molar-refractivity contribution is 0.454. The monoisotopic (exact) mass is 400 g/mol. The van der Waals surface area contributed by atoms with Crippen LogP contribution >= 0.6 is 11.3 Å². The third-order valence-corrected chi connectivity index (χ3v) is 6.50. The number of pyridine rings is 2. The molecule has 0 atom stereocenters. The molecule has 6 nitrogen and oxygen atoms in total. The Labute approximate surface area is 171 Å². The van der Waals surface area contributed by atoms with Gasteiger partial charge >= 0.3 is 0 Å². The van der Waals surface area contributed by atoms with Crippen molar-refractivity contribution in [1.29, 1.82) is 0 Å². The highest BCUT2D eigenvalue weighted by atomic mass is 32.1. The third kappa shape index (κ3) is 2.85. The van der Waals surface area contributed by atoms with Crippen molar-refractivity contribution in [2.24, 2.45) is 0 Å². The summed E-state index contributed by atoms with van der Waals surface area (Å²) in [5.74, 6) is 0.514. The molecule has 0 aliphatic carbocycles. The third-order valence-electron chi connectivity index (χ3n) is 5.82. The van der Waals surface area contributed by atoms with Crippen LogP contribution in [0, 0.1) is 0 Å². The summed E-state index contributed by atoms with van der Waals surface area (Å²) < 4.78 is 0. The van der Waals surface area contributed by atoms with E-state index in [0.717, 1.165) is 64.8 Å². The lowest BCUT2D eigenvalue weighted by atomic mass is 9.94. The van der Waals surface area contributed by atoms with Gasteiger partial charge in [-0.3, -0.25) is 10.1 Å². The molecule has 5 aromatic heterocycles. The van der Waals surface area contributed by atoms with Crippen molar-refractivity contribution in [1.82, 2.24) is 30.5 Å². The normalized spacial score (nSPS) is 15.4. The quantitative estimate of drug-likeness (QED) is 0.410. The summed E-state index contributed by atoms with van der Waals surface area (Å²) in [6, 6.07) is 8.55. The maximum atomic E-state index is 5.02. The highest BCUT2D eigenvalue weighted by Crippen LogP contribution is 2.34. The van der Waals surface area contributed by atoms with Crippen LogP contribution in [0.15, 0.2) is 47.4 Å². The van der Waals surface area contributed by atoms with Crippen LogP contribution in [0.5, 0.6) is 0 Å². The van der Waals surface area contributed by atoms with Gasteiger partial charge in [-0.2, -0.15) is 16.4 Å². The minimum Gasteiger partial charge on any atom is -0.352 e. The first-order chi connectivity index (χ1) is 14.4. The van der Waals surface area contributed by atoms with E-state index in [1.165, 1.54) is 11.3 Å². The van der Waals surface area contributed by atoms with Crippen LogP contribution in [0.25, 0.3) is 44.5 Å². The van der Waals surface area contributed by atoms with Crippen molar-refractivity contribution in [2.45, 2.75) is 18.8 Å². The van der Waals surface area contributed by atoms with E-state index in [9.17, 15) is 0 Å². The summed E-state index contributed by atoms with van der Waals surface area (Å²) in [6.45, 7) is 2.12. The molecular formula is C22H20N6S. The van der Waals surface area contributed by atoms with Gasteiger partial charge in [0.15, 0.2) is 0 Å². The van der Waals surface area contributed by atoms with Crippen molar-refractivity contribution in [2.75, 3.05) is 13.1 Å². The Balaban J connectivity index is 1.48. The molecule has 5 aromatic rings. The molecule has 7 heteroatoms. The summed E-state index contributed by atoms with van der Waals surface area (Å²) in [6.07, 6.45) is 6.07. The van der Waals surface area contributed by atoms with E-state index in [-0.39, 0.29) is 0 Å². The van der Waals surface area contributed by atoms with Gasteiger partial charge < -0.3 is 10.3 Å². The minimum absolute atomic E-state index is 0.514. The van der Waals surface area contributed by atoms with Gasteiger partial charge in [-0.25, -0.2) is 4.98 Å². The predicted octanol–water partition coefficient (Wildman–Crippen LogP) is 4.70. The second-order valence-corrected chi connectivity index (χ2v) is 8.35. The van der Waals surface area contributed by atoms with Gasteiger partial charge in [-0.05, 0) is 66.5 Å². The number of rotatable bonds is 3. The molecule has 6 rings (SSSR count). The smallest absolute Gasteiger partial charge is 0.135 e. The fourth-order valence-electron chi connectivity index (χ4n) is 4.27. The molecule has 0 bridgehead atoms. The van der Waals surface area contributed by atoms with Crippen molar-refractivity contribution in [3.05, 3.63) is 53.1 Å². The SMILES string of the molecule is c1cc(-c2cncc3[nH]c(-c4n[nH]c5ccc(C6CCNCC6)nc45)cc23)cs1. The number of nitrogens with zero attached hydrogens (tertiary/aromatic N) is 3. The van der Waals surface area contributed by atoms with Crippen molar-refractivity contribution in [3.8, 4) is 22.5 Å². The zero-order valence-electron chi connectivity index (χ0n) is 15.8. The zero-order chi connectivity index (χ0) is 19.2. The molecule has 0 saturated carbocycles. The molecule has 1 saturated heterocycles. The molecule has 0 radical (unpaired) electrons. The maximum absolute atomic E-state index is 5.02. The topological polar surface area (TPSA) is 82.3 Å². The van der Waals surface area contributed by atoms with E-state index < -0.39 is 0 Å². The van der Waals surface area contributed by atoms with E-state index >= 15 is 0 Å². The number of nitrogens with one attached hydrogen (secondary N) is 3. The van der Waals surface area contributed by atoms with Crippen LogP contribution in [0.1, 0.15) is 24.5 Å². The number of hydrogen-bond donors (Lipinski definition) is 3. The summed E-state index contributed by atoms with van der Waals surface area (Å²) in [7, 11) is 0. The first-order valence-corrected chi connectivity index (χ1v) is 10.9. The van der Waals surface area contributed by atoms with E-state index in [2.05, 4.69) is 60.5 Å². The molecule has 3 N–H and O–H groups in total. The van der Waals surface area contributed by atoms with E-state index in [0.29, 0.717) is 5.92 Å². The second kappa shape index (κ2) is 6.79. The molecule has 1 aliphatic rings. The van der Waals surface area contributed by atoms with Crippen LogP contribution in [-0.2, 0) is 0 Å². The summed E-state index contributed by atoms with van der Waals surface area (Å²) in [5.41, 5.74) is 8.22. The number of aromatic amines is 2. The Hall–Kier alpha value is -3.03. The van der Waals surface area contributed by atoms with Crippen LogP contribution in [0.2, 0.25) is 0 Å². The molecule has 6 heterocycles. The van der Waals surface area contributed by atoms with Gasteiger partial charge in [-0.1, -0.05) is 0 Å². The van der Waals surface area contributed by atoms with Gasteiger partial charge in [-0.15, -0.1) is 0 Å². The first-order valence-electron chi connectivity index (χ1n) is 9.92. The Morgan fingerprint density at radius 2 is 1.97 bits per heavy atom. The summed E-state index contributed by atoms with van der Waals surface area (Å²) >= 11 is 1.69. The van der Waals surface area contributed by atoms with Crippen LogP contribution in [0.4, 0.5) is 0 Å². The standard InChI is InChI=1S/C22H20N6S/c1-2-18-21(26-17(1)13-3-6-23-7-4-13)22(28-27-18)19-9-15-16(14-5-8-29-12-14)10-24-11-20(15)25-19/h1-2,5,8-13,23,25H,3-4,6-7H2,(H,27,28). The first kappa shape index (κ1) is 16.9. The average Bonchev–Trinajstić information content (AvgIpc) is 3.52. The summed E-state index contributed by atoms with van der Waals surface area (Å²) in [4.78, 5) is 12.9. The highest BCUT2D eigenvalue weighted by molar-refractivity contribution is 7.08. The number of hydrogen-bond acceptors (Lipinski definition) is 5. The molecule has 144 valence electrons. The maximum Gasteiger partial charge on any atom is 0.135 e. The number of piperidine rings is 1. The van der Waals surface area contributed by atoms with Crippen molar-refractivity contribution < 1.29 is 0 Å². The average molecular weight is 401 g/mol. The van der Waals surface area contributed by atoms with Gasteiger partial charge in [0.25, 0.3) is 0 Å². The fraction of sp³-hybridized carbons (Fsp3) is 0.227. The number of fused-ring (bicyclic) bond motifs is 2. The molecular weight excluding hydrogens is 380 g/mol. The van der Waals surface area contributed by atoms with Crippen LogP contribution in [-0.4, -0.2) is 38.2 Å². The Kier molecular flexibility index (Phi) is 3.95. The van der Waals surface area contributed by atoms with E-state index in [1.54, 1.807) is 11.3 Å². The Morgan fingerprint density at radius 3 is 2.83 bits per heavy atom. The Morgan fingerprint density at radius 1 is 1.03 bits per heavy atom. The van der Waals surface area contributed by atoms with Gasteiger partial charge in [0.2, 0.25) is 0 Å². The van der Waals surface area contributed by atoms with E-state index in [4.69, 9.17) is 4.98 Å². The number of H-pyrrole nitrogens is 2. The van der Waals surface area contributed by atoms with Crippen LogP contribution < -0.4 is 5.32 Å². The van der Waals surface area contributed by atoms with Crippen molar-refractivity contribution in [3.63, 3.8) is 0 Å². The Bertz CT molecular complexity index is 1290. The molecule has 29 heavy (non-hydrogen) atoms. The summed E-state index contributed by atoms with van der Waals surface area (Å²) in [5, 5.41) is 16.6. The molecule has 0 amide bonds. The molecule has 1 fully saturated rings. The lowest BCUT2D eigenvalue weighted by Gasteiger charge is -2.22. The fourth-order valence-corrected chi connectivity index (χ4v) is 4.93. The molecule has 1 aliphatic heterocycles. The van der Waals surface area contributed by atoms with Crippen LogP contribution in [0.3, 0.4) is 0 Å².